The smallest absolute Gasteiger partial charge is 0.872 e. The Balaban J connectivity index is -0.000000223. The van der Waals surface area contributed by atoms with Crippen LogP contribution in [0.5, 0.6) is 17.2 Å². The maximum Gasteiger partial charge on any atom is 3.00 e. The predicted molar refractivity (Wildman–Crippen MR) is 149 cm³/mol. The van der Waals surface area contributed by atoms with Crippen LogP contribution >= 0.6 is 0 Å². The van der Waals surface area contributed by atoms with Gasteiger partial charge in [0.15, 0.2) is 0 Å². The SMILES string of the molecule is [Bi+3].[HH].[HH].[HH].[HH].[HH].[HH].[O-]c1ccc2ccccc2c1.[O-]c1ccc2ccccc2c1.[O-]c1ccc2ccccc2c1. The van der Waals surface area contributed by atoms with Crippen molar-refractivity contribution in [3.8, 4) is 17.2 Å². The van der Waals surface area contributed by atoms with Gasteiger partial charge in [0.2, 0.25) is 0 Å². The van der Waals surface area contributed by atoms with Crippen LogP contribution in [0.15, 0.2) is 127 Å². The Kier molecular flexibility index (Phi) is 8.84. The van der Waals surface area contributed by atoms with Crippen molar-refractivity contribution in [2.75, 3.05) is 0 Å². The Morgan fingerprint density at radius 1 is 0.324 bits per heavy atom. The first-order valence-corrected chi connectivity index (χ1v) is 10.6. The van der Waals surface area contributed by atoms with Crippen LogP contribution in [0.4, 0.5) is 0 Å². The summed E-state index contributed by atoms with van der Waals surface area (Å²) >= 11 is 0. The van der Waals surface area contributed by atoms with Crippen molar-refractivity contribution in [1.29, 1.82) is 0 Å². The van der Waals surface area contributed by atoms with E-state index in [4.69, 9.17) is 0 Å². The average molecular weight is 651 g/mol. The second-order valence-corrected chi connectivity index (χ2v) is 7.53. The average Bonchev–Trinajstić information content (AvgIpc) is 2.84. The van der Waals surface area contributed by atoms with Crippen LogP contribution in [0.25, 0.3) is 32.3 Å². The molecule has 4 heteroatoms. The molecule has 0 aliphatic heterocycles. The molecule has 6 aromatic carbocycles. The van der Waals surface area contributed by atoms with E-state index in [1.54, 1.807) is 36.4 Å². The van der Waals surface area contributed by atoms with Gasteiger partial charge >= 0.3 is 26.2 Å². The van der Waals surface area contributed by atoms with Gasteiger partial charge in [-0.3, -0.25) is 0 Å². The number of hydrogen-bond acceptors (Lipinski definition) is 3. The van der Waals surface area contributed by atoms with Crippen molar-refractivity contribution in [2.45, 2.75) is 0 Å². The molecule has 0 saturated carbocycles. The van der Waals surface area contributed by atoms with Gasteiger partial charge in [0.25, 0.3) is 0 Å². The monoisotopic (exact) mass is 650 g/mol. The number of rotatable bonds is 0. The van der Waals surface area contributed by atoms with Crippen molar-refractivity contribution in [1.82, 2.24) is 0 Å². The first-order valence-electron chi connectivity index (χ1n) is 10.6. The van der Waals surface area contributed by atoms with Crippen molar-refractivity contribution < 1.29 is 23.9 Å². The molecule has 0 amide bonds. The van der Waals surface area contributed by atoms with Crippen LogP contribution in [-0.4, -0.2) is 26.2 Å². The van der Waals surface area contributed by atoms with Crippen LogP contribution in [-0.2, 0) is 0 Å². The van der Waals surface area contributed by atoms with E-state index in [1.165, 1.54) is 0 Å². The van der Waals surface area contributed by atoms with Crippen LogP contribution < -0.4 is 15.3 Å². The Hall–Kier alpha value is -3.62. The zero-order valence-corrected chi connectivity index (χ0v) is 21.8. The fourth-order valence-corrected chi connectivity index (χ4v) is 3.50. The predicted octanol–water partition coefficient (Wildman–Crippen LogP) is 6.84. The third kappa shape index (κ3) is 6.69. The van der Waals surface area contributed by atoms with Crippen LogP contribution in [0.3, 0.4) is 0 Å². The van der Waals surface area contributed by atoms with Gasteiger partial charge in [-0.1, -0.05) is 127 Å². The summed E-state index contributed by atoms with van der Waals surface area (Å²) in [6.07, 6.45) is 0. The summed E-state index contributed by atoms with van der Waals surface area (Å²) in [6, 6.07) is 38.7. The van der Waals surface area contributed by atoms with E-state index < -0.39 is 0 Å². The Bertz CT molecular complexity index is 1350. The fourth-order valence-electron chi connectivity index (χ4n) is 3.50. The minimum Gasteiger partial charge on any atom is -0.872 e. The third-order valence-corrected chi connectivity index (χ3v) is 5.16. The normalized spacial score (nSPS) is 9.88. The number of fused-ring (bicyclic) bond motifs is 3. The molecule has 0 atom stereocenters. The molecular weight excluding hydrogens is 617 g/mol. The maximum atomic E-state index is 10.9. The van der Waals surface area contributed by atoms with E-state index in [-0.39, 0.29) is 52.0 Å². The standard InChI is InChI=1S/3C10H8O.Bi.6H2/c3*11-10-6-5-8-3-1-2-4-9(8)7-10;;;;;;;/h3*1-7,11H;;6*1H/q;;;+3;;;;;;/p-3. The van der Waals surface area contributed by atoms with E-state index >= 15 is 0 Å². The first kappa shape index (κ1) is 25.0. The van der Waals surface area contributed by atoms with Gasteiger partial charge in [0.1, 0.15) is 0 Å². The Morgan fingerprint density at radius 3 is 0.824 bits per heavy atom. The van der Waals surface area contributed by atoms with E-state index in [1.807, 2.05) is 91.0 Å². The van der Waals surface area contributed by atoms with E-state index in [0.29, 0.717) is 0 Å². The van der Waals surface area contributed by atoms with E-state index in [0.717, 1.165) is 32.3 Å². The quantitative estimate of drug-likeness (QED) is 0.169. The van der Waals surface area contributed by atoms with Crippen LogP contribution in [0.1, 0.15) is 8.56 Å². The van der Waals surface area contributed by atoms with E-state index in [2.05, 4.69) is 0 Å². The molecule has 2 radical (unpaired) electrons. The molecule has 0 aromatic heterocycles. The summed E-state index contributed by atoms with van der Waals surface area (Å²) in [5.74, 6) is 0.219. The van der Waals surface area contributed by atoms with Gasteiger partial charge in [-0.25, -0.2) is 0 Å². The molecule has 0 fully saturated rings. The molecule has 0 saturated heterocycles. The molecular formula is C30H33BiO3. The Labute approximate surface area is 226 Å². The molecule has 0 spiro atoms. The molecule has 6 aromatic rings. The van der Waals surface area contributed by atoms with Gasteiger partial charge in [-0.2, -0.15) is 0 Å². The van der Waals surface area contributed by atoms with Crippen molar-refractivity contribution >= 4 is 58.5 Å². The second kappa shape index (κ2) is 12.0. The zero-order chi connectivity index (χ0) is 23.0. The van der Waals surface area contributed by atoms with Gasteiger partial charge < -0.3 is 15.3 Å². The van der Waals surface area contributed by atoms with Gasteiger partial charge in [0.05, 0.1) is 0 Å². The molecule has 0 N–H and O–H groups in total. The minimum absolute atomic E-state index is 0. The zero-order valence-electron chi connectivity index (χ0n) is 18.3. The van der Waals surface area contributed by atoms with Crippen molar-refractivity contribution in [3.63, 3.8) is 0 Å². The van der Waals surface area contributed by atoms with Gasteiger partial charge in [-0.05, 0) is 32.3 Å². The molecule has 0 bridgehead atoms. The fraction of sp³-hybridized carbons (Fsp3) is 0. The molecule has 3 nitrogen and oxygen atoms in total. The molecule has 6 rings (SSSR count). The summed E-state index contributed by atoms with van der Waals surface area (Å²) in [6.45, 7) is 0. The number of hydrogen-bond donors (Lipinski definition) is 0. The molecule has 0 aliphatic carbocycles. The van der Waals surface area contributed by atoms with Gasteiger partial charge in [0, 0.05) is 8.56 Å². The summed E-state index contributed by atoms with van der Waals surface area (Å²) < 4.78 is 0. The summed E-state index contributed by atoms with van der Waals surface area (Å²) in [4.78, 5) is 0. The first-order chi connectivity index (χ1) is 16.1. The van der Waals surface area contributed by atoms with Crippen molar-refractivity contribution in [3.05, 3.63) is 127 Å². The number of benzene rings is 6. The molecule has 0 unspecified atom stereocenters. The van der Waals surface area contributed by atoms with Crippen LogP contribution in [0, 0.1) is 0 Å². The summed E-state index contributed by atoms with van der Waals surface area (Å²) in [5, 5.41) is 39.0. The molecule has 176 valence electrons. The molecule has 0 aliphatic rings. The molecule has 34 heavy (non-hydrogen) atoms. The largest absolute Gasteiger partial charge is 3.00 e. The van der Waals surface area contributed by atoms with Crippen LogP contribution in [0.2, 0.25) is 0 Å². The van der Waals surface area contributed by atoms with Crippen molar-refractivity contribution in [2.24, 2.45) is 0 Å². The summed E-state index contributed by atoms with van der Waals surface area (Å²) in [7, 11) is 0. The topological polar surface area (TPSA) is 69.2 Å². The molecule has 0 heterocycles. The summed E-state index contributed by atoms with van der Waals surface area (Å²) in [5.41, 5.74) is 0. The maximum absolute atomic E-state index is 10.9. The van der Waals surface area contributed by atoms with E-state index in [9.17, 15) is 15.3 Å². The minimum atomic E-state index is 0. The van der Waals surface area contributed by atoms with Gasteiger partial charge in [-0.15, -0.1) is 17.2 Å². The second-order valence-electron chi connectivity index (χ2n) is 7.53. The Morgan fingerprint density at radius 2 is 0.559 bits per heavy atom. The third-order valence-electron chi connectivity index (χ3n) is 5.16.